The number of rotatable bonds is 13. The molecule has 0 aliphatic heterocycles. The fraction of sp³-hybridized carbons (Fsp3) is 0.667. The second kappa shape index (κ2) is 14.2. The average Bonchev–Trinajstić information content (AvgIpc) is 2.69. The summed E-state index contributed by atoms with van der Waals surface area (Å²) in [5.41, 5.74) is 0. The average molecular weight is 397 g/mol. The van der Waals surface area contributed by atoms with Gasteiger partial charge in [-0.1, -0.05) is 13.8 Å². The summed E-state index contributed by atoms with van der Waals surface area (Å²) in [6.45, 7) is 12.9. The van der Waals surface area contributed by atoms with Crippen molar-refractivity contribution in [2.75, 3.05) is 39.3 Å². The first kappa shape index (κ1) is 24.2. The molecule has 160 valence electrons. The SMILES string of the molecule is CCNC(=NCC(O)COc1ccc(F)cc1)NC(C)CCCN(CC)CC. The van der Waals surface area contributed by atoms with Gasteiger partial charge in [-0.25, -0.2) is 4.39 Å². The van der Waals surface area contributed by atoms with Crippen molar-refractivity contribution < 1.29 is 14.2 Å². The zero-order chi connectivity index (χ0) is 20.8. The van der Waals surface area contributed by atoms with Crippen LogP contribution in [0.1, 0.15) is 40.5 Å². The zero-order valence-electron chi connectivity index (χ0n) is 17.7. The van der Waals surface area contributed by atoms with Crippen LogP contribution in [0, 0.1) is 5.82 Å². The maximum atomic E-state index is 12.9. The molecule has 0 spiro atoms. The Morgan fingerprint density at radius 2 is 1.89 bits per heavy atom. The van der Waals surface area contributed by atoms with E-state index in [4.69, 9.17) is 4.74 Å². The standard InChI is InChI=1S/C21H37FN4O2/c1-5-23-21(25-17(4)9-8-14-26(6-2)7-3)24-15-19(27)16-28-20-12-10-18(22)11-13-20/h10-13,17,19,27H,5-9,14-16H2,1-4H3,(H2,23,24,25). The van der Waals surface area contributed by atoms with E-state index in [-0.39, 0.29) is 19.0 Å². The van der Waals surface area contributed by atoms with Crippen molar-refractivity contribution in [3.05, 3.63) is 30.1 Å². The summed E-state index contributed by atoms with van der Waals surface area (Å²) in [4.78, 5) is 6.87. The molecule has 3 N–H and O–H groups in total. The number of hydrogen-bond acceptors (Lipinski definition) is 4. The van der Waals surface area contributed by atoms with Crippen molar-refractivity contribution in [3.8, 4) is 5.75 Å². The molecule has 0 amide bonds. The van der Waals surface area contributed by atoms with Crippen LogP contribution < -0.4 is 15.4 Å². The Balaban J connectivity index is 2.39. The van der Waals surface area contributed by atoms with Crippen LogP contribution in [0.4, 0.5) is 4.39 Å². The number of aliphatic hydroxyl groups excluding tert-OH is 1. The number of nitrogens with one attached hydrogen (secondary N) is 2. The van der Waals surface area contributed by atoms with Gasteiger partial charge in [-0.2, -0.15) is 0 Å². The molecule has 0 aromatic heterocycles. The zero-order valence-corrected chi connectivity index (χ0v) is 17.7. The monoisotopic (exact) mass is 396 g/mol. The lowest BCUT2D eigenvalue weighted by molar-refractivity contribution is 0.114. The Kier molecular flexibility index (Phi) is 12.2. The van der Waals surface area contributed by atoms with Gasteiger partial charge in [0.25, 0.3) is 0 Å². The topological polar surface area (TPSA) is 69.1 Å². The van der Waals surface area contributed by atoms with Gasteiger partial charge >= 0.3 is 0 Å². The molecule has 0 radical (unpaired) electrons. The molecule has 0 saturated heterocycles. The number of nitrogens with zero attached hydrogens (tertiary/aromatic N) is 2. The number of halogens is 1. The van der Waals surface area contributed by atoms with Crippen LogP contribution in [0.25, 0.3) is 0 Å². The highest BCUT2D eigenvalue weighted by atomic mass is 19.1. The van der Waals surface area contributed by atoms with Gasteiger partial charge in [0.1, 0.15) is 24.3 Å². The predicted octanol–water partition coefficient (Wildman–Crippen LogP) is 2.63. The number of guanidine groups is 1. The summed E-state index contributed by atoms with van der Waals surface area (Å²) >= 11 is 0. The first-order chi connectivity index (χ1) is 13.5. The van der Waals surface area contributed by atoms with Gasteiger partial charge in [0.2, 0.25) is 0 Å². The third-order valence-electron chi connectivity index (χ3n) is 4.45. The molecule has 2 atom stereocenters. The Bertz CT molecular complexity index is 550. The van der Waals surface area contributed by atoms with E-state index in [0.717, 1.165) is 39.0 Å². The van der Waals surface area contributed by atoms with Gasteiger partial charge in [-0.15, -0.1) is 0 Å². The molecule has 28 heavy (non-hydrogen) atoms. The fourth-order valence-corrected chi connectivity index (χ4v) is 2.76. The number of aliphatic imine (C=N–C) groups is 1. The first-order valence-corrected chi connectivity index (χ1v) is 10.3. The summed E-state index contributed by atoms with van der Waals surface area (Å²) in [6.07, 6.45) is 1.44. The minimum absolute atomic E-state index is 0.105. The van der Waals surface area contributed by atoms with Crippen LogP contribution in [0.15, 0.2) is 29.3 Å². The van der Waals surface area contributed by atoms with E-state index in [1.165, 1.54) is 24.3 Å². The van der Waals surface area contributed by atoms with Crippen molar-refractivity contribution in [1.29, 1.82) is 0 Å². The Hall–Kier alpha value is -1.86. The van der Waals surface area contributed by atoms with E-state index < -0.39 is 6.10 Å². The minimum Gasteiger partial charge on any atom is -0.491 e. The Morgan fingerprint density at radius 3 is 2.50 bits per heavy atom. The predicted molar refractivity (Wildman–Crippen MR) is 114 cm³/mol. The first-order valence-electron chi connectivity index (χ1n) is 10.3. The number of ether oxygens (including phenoxy) is 1. The van der Waals surface area contributed by atoms with E-state index in [1.54, 1.807) is 0 Å². The Labute approximate surface area is 169 Å². The van der Waals surface area contributed by atoms with Crippen LogP contribution >= 0.6 is 0 Å². The minimum atomic E-state index is -0.738. The maximum Gasteiger partial charge on any atom is 0.191 e. The lowest BCUT2D eigenvalue weighted by Crippen LogP contribution is -2.43. The normalized spacial score (nSPS) is 14.0. The lowest BCUT2D eigenvalue weighted by Gasteiger charge is -2.21. The van der Waals surface area contributed by atoms with Crippen LogP contribution in [0.3, 0.4) is 0 Å². The van der Waals surface area contributed by atoms with E-state index in [1.807, 2.05) is 6.92 Å². The van der Waals surface area contributed by atoms with Gasteiger partial charge in [0, 0.05) is 12.6 Å². The molecule has 1 aromatic carbocycles. The van der Waals surface area contributed by atoms with Gasteiger partial charge in [0.15, 0.2) is 5.96 Å². The summed E-state index contributed by atoms with van der Waals surface area (Å²) < 4.78 is 18.3. The second-order valence-corrected chi connectivity index (χ2v) is 6.85. The molecule has 1 aromatic rings. The molecular weight excluding hydrogens is 359 g/mol. The van der Waals surface area contributed by atoms with Crippen LogP contribution in [0.5, 0.6) is 5.75 Å². The summed E-state index contributed by atoms with van der Waals surface area (Å²) in [5.74, 6) is 0.903. The molecule has 0 saturated carbocycles. The highest BCUT2D eigenvalue weighted by Crippen LogP contribution is 2.11. The molecule has 0 bridgehead atoms. The summed E-state index contributed by atoms with van der Waals surface area (Å²) in [6, 6.07) is 6.03. The van der Waals surface area contributed by atoms with Crippen molar-refractivity contribution in [3.63, 3.8) is 0 Å². The molecule has 0 fully saturated rings. The van der Waals surface area contributed by atoms with E-state index in [9.17, 15) is 9.50 Å². The second-order valence-electron chi connectivity index (χ2n) is 6.85. The molecule has 6 nitrogen and oxygen atoms in total. The van der Waals surface area contributed by atoms with Crippen molar-refractivity contribution in [2.45, 2.75) is 52.7 Å². The molecule has 2 unspecified atom stereocenters. The number of hydrogen-bond donors (Lipinski definition) is 3. The fourth-order valence-electron chi connectivity index (χ4n) is 2.76. The van der Waals surface area contributed by atoms with Gasteiger partial charge in [-0.3, -0.25) is 4.99 Å². The molecule has 1 rings (SSSR count). The Morgan fingerprint density at radius 1 is 1.21 bits per heavy atom. The van der Waals surface area contributed by atoms with E-state index in [2.05, 4.69) is 41.3 Å². The number of benzene rings is 1. The van der Waals surface area contributed by atoms with Gasteiger partial charge < -0.3 is 25.4 Å². The third kappa shape index (κ3) is 10.5. The quantitative estimate of drug-likeness (QED) is 0.353. The highest BCUT2D eigenvalue weighted by molar-refractivity contribution is 5.80. The van der Waals surface area contributed by atoms with Crippen molar-refractivity contribution in [2.24, 2.45) is 4.99 Å². The van der Waals surface area contributed by atoms with E-state index in [0.29, 0.717) is 17.8 Å². The van der Waals surface area contributed by atoms with Crippen molar-refractivity contribution in [1.82, 2.24) is 15.5 Å². The smallest absolute Gasteiger partial charge is 0.191 e. The molecule has 7 heteroatoms. The van der Waals surface area contributed by atoms with Gasteiger partial charge in [0.05, 0.1) is 6.54 Å². The molecular formula is C21H37FN4O2. The molecule has 0 aliphatic rings. The molecule has 0 heterocycles. The van der Waals surface area contributed by atoms with Gasteiger partial charge in [-0.05, 0) is 70.6 Å². The number of aliphatic hydroxyl groups is 1. The largest absolute Gasteiger partial charge is 0.491 e. The highest BCUT2D eigenvalue weighted by Gasteiger charge is 2.09. The third-order valence-corrected chi connectivity index (χ3v) is 4.45. The van der Waals surface area contributed by atoms with Crippen molar-refractivity contribution >= 4 is 5.96 Å². The summed E-state index contributed by atoms with van der Waals surface area (Å²) in [5, 5.41) is 16.7. The maximum absolute atomic E-state index is 12.9. The summed E-state index contributed by atoms with van der Waals surface area (Å²) in [7, 11) is 0. The lowest BCUT2D eigenvalue weighted by atomic mass is 10.2. The van der Waals surface area contributed by atoms with E-state index >= 15 is 0 Å². The molecule has 0 aliphatic carbocycles. The van der Waals surface area contributed by atoms with Crippen LogP contribution in [0.2, 0.25) is 0 Å². The van der Waals surface area contributed by atoms with Crippen LogP contribution in [-0.2, 0) is 0 Å². The van der Waals surface area contributed by atoms with Crippen LogP contribution in [-0.4, -0.2) is 67.4 Å².